The summed E-state index contributed by atoms with van der Waals surface area (Å²) in [7, 11) is 0. The fraction of sp³-hybridized carbons (Fsp3) is 0.533. The van der Waals surface area contributed by atoms with Gasteiger partial charge in [-0.3, -0.25) is 5.32 Å². The zero-order valence-electron chi connectivity index (χ0n) is 10.5. The molecule has 2 rings (SSSR count). The van der Waals surface area contributed by atoms with E-state index in [4.69, 9.17) is 0 Å². The molecule has 1 N–H and O–H groups in total. The van der Waals surface area contributed by atoms with E-state index in [9.17, 15) is 5.26 Å². The van der Waals surface area contributed by atoms with Gasteiger partial charge in [-0.25, -0.2) is 0 Å². The molecule has 1 aliphatic rings. The second-order valence-corrected chi connectivity index (χ2v) is 5.79. The molecule has 2 nitrogen and oxygen atoms in total. The van der Waals surface area contributed by atoms with Crippen LogP contribution >= 0.6 is 15.9 Å². The monoisotopic (exact) mass is 306 g/mol. The van der Waals surface area contributed by atoms with Crippen LogP contribution in [0.2, 0.25) is 0 Å². The Labute approximate surface area is 118 Å². The normalized spacial score (nSPS) is 18.9. The van der Waals surface area contributed by atoms with E-state index in [1.165, 1.54) is 38.5 Å². The van der Waals surface area contributed by atoms with Crippen molar-refractivity contribution in [3.8, 4) is 6.07 Å². The summed E-state index contributed by atoms with van der Waals surface area (Å²) in [5.74, 6) is 0. The molecule has 1 unspecified atom stereocenters. The predicted molar refractivity (Wildman–Crippen MR) is 77.1 cm³/mol. The van der Waals surface area contributed by atoms with Gasteiger partial charge in [0.25, 0.3) is 0 Å². The third-order valence-corrected chi connectivity index (χ3v) is 4.33. The molecular formula is C15H19BrN2. The summed E-state index contributed by atoms with van der Waals surface area (Å²) in [6.07, 6.45) is 7.64. The van der Waals surface area contributed by atoms with Crippen LogP contribution in [-0.4, -0.2) is 6.04 Å². The van der Waals surface area contributed by atoms with Gasteiger partial charge in [-0.15, -0.1) is 0 Å². The van der Waals surface area contributed by atoms with Crippen LogP contribution in [-0.2, 0) is 0 Å². The van der Waals surface area contributed by atoms with Crippen LogP contribution in [0.1, 0.15) is 50.1 Å². The maximum atomic E-state index is 9.37. The van der Waals surface area contributed by atoms with E-state index in [-0.39, 0.29) is 6.04 Å². The van der Waals surface area contributed by atoms with Crippen LogP contribution in [0.5, 0.6) is 0 Å². The Morgan fingerprint density at radius 2 is 1.83 bits per heavy atom. The molecule has 0 aliphatic heterocycles. The van der Waals surface area contributed by atoms with Crippen molar-refractivity contribution in [3.05, 3.63) is 34.3 Å². The molecule has 0 bridgehead atoms. The fourth-order valence-electron chi connectivity index (χ4n) is 2.59. The maximum absolute atomic E-state index is 9.37. The lowest BCUT2D eigenvalue weighted by molar-refractivity contribution is 0.436. The summed E-state index contributed by atoms with van der Waals surface area (Å²) in [5, 5.41) is 12.9. The summed E-state index contributed by atoms with van der Waals surface area (Å²) >= 11 is 3.53. The minimum Gasteiger partial charge on any atom is -0.295 e. The van der Waals surface area contributed by atoms with Gasteiger partial charge < -0.3 is 0 Å². The van der Waals surface area contributed by atoms with Crippen molar-refractivity contribution in [1.82, 2.24) is 5.32 Å². The second-order valence-electron chi connectivity index (χ2n) is 4.94. The first-order chi connectivity index (χ1) is 8.81. The Kier molecular flexibility index (Phi) is 5.22. The highest BCUT2D eigenvalue weighted by Crippen LogP contribution is 2.25. The van der Waals surface area contributed by atoms with E-state index in [1.807, 2.05) is 24.3 Å². The highest BCUT2D eigenvalue weighted by molar-refractivity contribution is 9.10. The molecule has 0 radical (unpaired) electrons. The Bertz CT molecular complexity index is 417. The van der Waals surface area contributed by atoms with Gasteiger partial charge in [-0.2, -0.15) is 5.26 Å². The summed E-state index contributed by atoms with van der Waals surface area (Å²) in [5.41, 5.74) is 1.05. The third-order valence-electron chi connectivity index (χ3n) is 3.60. The highest BCUT2D eigenvalue weighted by atomic mass is 79.9. The van der Waals surface area contributed by atoms with Crippen molar-refractivity contribution < 1.29 is 0 Å². The lowest BCUT2D eigenvalue weighted by Gasteiger charge is -2.21. The topological polar surface area (TPSA) is 35.8 Å². The number of halogens is 1. The van der Waals surface area contributed by atoms with Gasteiger partial charge >= 0.3 is 0 Å². The summed E-state index contributed by atoms with van der Waals surface area (Å²) in [4.78, 5) is 0. The first kappa shape index (κ1) is 13.6. The number of nitriles is 1. The molecule has 1 saturated carbocycles. The molecule has 1 aliphatic carbocycles. The molecule has 0 heterocycles. The van der Waals surface area contributed by atoms with Gasteiger partial charge in [0.2, 0.25) is 0 Å². The van der Waals surface area contributed by atoms with Gasteiger partial charge in [0.15, 0.2) is 0 Å². The Morgan fingerprint density at radius 3 is 2.44 bits per heavy atom. The second kappa shape index (κ2) is 6.92. The number of nitrogens with zero attached hydrogens (tertiary/aromatic N) is 1. The van der Waals surface area contributed by atoms with Gasteiger partial charge in [-0.1, -0.05) is 59.8 Å². The first-order valence-corrected chi connectivity index (χ1v) is 7.50. The Balaban J connectivity index is 2.05. The van der Waals surface area contributed by atoms with Crippen LogP contribution in [0.3, 0.4) is 0 Å². The van der Waals surface area contributed by atoms with Crippen LogP contribution in [0.25, 0.3) is 0 Å². The molecule has 1 aromatic carbocycles. The first-order valence-electron chi connectivity index (χ1n) is 6.71. The molecule has 0 spiro atoms. The van der Waals surface area contributed by atoms with Crippen molar-refractivity contribution >= 4 is 15.9 Å². The van der Waals surface area contributed by atoms with Gasteiger partial charge in [0.05, 0.1) is 6.07 Å². The fourth-order valence-corrected chi connectivity index (χ4v) is 3.10. The highest BCUT2D eigenvalue weighted by Gasteiger charge is 2.19. The summed E-state index contributed by atoms with van der Waals surface area (Å²) in [6, 6.07) is 10.6. The van der Waals surface area contributed by atoms with Crippen molar-refractivity contribution in [3.63, 3.8) is 0 Å². The van der Waals surface area contributed by atoms with Gasteiger partial charge in [0.1, 0.15) is 6.04 Å². The molecule has 96 valence electrons. The summed E-state index contributed by atoms with van der Waals surface area (Å²) in [6.45, 7) is 0. The summed E-state index contributed by atoms with van der Waals surface area (Å²) < 4.78 is 1.01. The van der Waals surface area contributed by atoms with E-state index in [1.54, 1.807) is 0 Å². The number of rotatable bonds is 3. The van der Waals surface area contributed by atoms with Crippen molar-refractivity contribution in [2.24, 2.45) is 0 Å². The molecule has 1 fully saturated rings. The third kappa shape index (κ3) is 3.57. The van der Waals surface area contributed by atoms with Crippen LogP contribution < -0.4 is 5.32 Å². The molecule has 0 aromatic heterocycles. The zero-order valence-corrected chi connectivity index (χ0v) is 12.1. The van der Waals surface area contributed by atoms with Crippen molar-refractivity contribution in [2.45, 2.75) is 50.6 Å². The average molecular weight is 307 g/mol. The minimum absolute atomic E-state index is 0.205. The number of nitrogens with one attached hydrogen (secondary N) is 1. The van der Waals surface area contributed by atoms with Gasteiger partial charge in [0, 0.05) is 10.5 Å². The largest absolute Gasteiger partial charge is 0.295 e. The van der Waals surface area contributed by atoms with E-state index >= 15 is 0 Å². The standard InChI is InChI=1S/C15H19BrN2/c16-14-10-6-5-9-13(14)15(11-17)18-12-7-3-1-2-4-8-12/h5-6,9-10,12,15,18H,1-4,7-8H2. The number of hydrogen-bond acceptors (Lipinski definition) is 2. The SMILES string of the molecule is N#CC(NC1CCCCCC1)c1ccccc1Br. The molecule has 3 heteroatoms. The molecular weight excluding hydrogens is 288 g/mol. The molecule has 1 atom stereocenters. The van der Waals surface area contributed by atoms with Crippen LogP contribution in [0.4, 0.5) is 0 Å². The minimum atomic E-state index is -0.205. The maximum Gasteiger partial charge on any atom is 0.122 e. The predicted octanol–water partition coefficient (Wildman–Crippen LogP) is 4.33. The Hall–Kier alpha value is -0.850. The lowest BCUT2D eigenvalue weighted by atomic mass is 10.0. The van der Waals surface area contributed by atoms with E-state index in [0.29, 0.717) is 6.04 Å². The van der Waals surface area contributed by atoms with E-state index in [2.05, 4.69) is 27.3 Å². The average Bonchev–Trinajstić information content (AvgIpc) is 2.65. The number of benzene rings is 1. The smallest absolute Gasteiger partial charge is 0.122 e. The molecule has 1 aromatic rings. The zero-order chi connectivity index (χ0) is 12.8. The van der Waals surface area contributed by atoms with Crippen molar-refractivity contribution in [1.29, 1.82) is 5.26 Å². The van der Waals surface area contributed by atoms with E-state index < -0.39 is 0 Å². The quantitative estimate of drug-likeness (QED) is 0.844. The van der Waals surface area contributed by atoms with Crippen molar-refractivity contribution in [2.75, 3.05) is 0 Å². The molecule has 0 saturated heterocycles. The van der Waals surface area contributed by atoms with Crippen LogP contribution in [0.15, 0.2) is 28.7 Å². The molecule has 18 heavy (non-hydrogen) atoms. The lowest BCUT2D eigenvalue weighted by Crippen LogP contribution is -2.32. The Morgan fingerprint density at radius 1 is 1.17 bits per heavy atom. The van der Waals surface area contributed by atoms with Crippen LogP contribution in [0, 0.1) is 11.3 Å². The van der Waals surface area contributed by atoms with Gasteiger partial charge in [-0.05, 0) is 24.5 Å². The van der Waals surface area contributed by atoms with E-state index in [0.717, 1.165) is 10.0 Å². The molecule has 0 amide bonds. The number of hydrogen-bond donors (Lipinski definition) is 1.